The van der Waals surface area contributed by atoms with E-state index in [1.807, 2.05) is 30.3 Å². The number of carbonyl (C=O) groups is 1. The van der Waals surface area contributed by atoms with Gasteiger partial charge in [0.15, 0.2) is 0 Å². The predicted octanol–water partition coefficient (Wildman–Crippen LogP) is 1.39. The molecule has 0 spiro atoms. The van der Waals surface area contributed by atoms with Crippen molar-refractivity contribution >= 4 is 11.9 Å². The van der Waals surface area contributed by atoms with Gasteiger partial charge < -0.3 is 15.0 Å². The van der Waals surface area contributed by atoms with E-state index < -0.39 is 0 Å². The Morgan fingerprint density at radius 3 is 2.75 bits per heavy atom. The fourth-order valence-corrected chi connectivity index (χ4v) is 3.47. The van der Waals surface area contributed by atoms with E-state index >= 15 is 0 Å². The van der Waals surface area contributed by atoms with Gasteiger partial charge in [0.05, 0.1) is 18.1 Å². The van der Waals surface area contributed by atoms with Crippen molar-refractivity contribution < 1.29 is 9.53 Å². The fraction of sp³-hybridized carbons (Fsp3) is 0.389. The van der Waals surface area contributed by atoms with E-state index in [4.69, 9.17) is 4.74 Å². The molecule has 2 saturated heterocycles. The van der Waals surface area contributed by atoms with Crippen LogP contribution >= 0.6 is 0 Å². The molecule has 1 amide bonds. The van der Waals surface area contributed by atoms with E-state index in [1.165, 1.54) is 0 Å². The Balaban J connectivity index is 1.38. The van der Waals surface area contributed by atoms with Crippen molar-refractivity contribution in [3.8, 4) is 0 Å². The zero-order valence-corrected chi connectivity index (χ0v) is 13.3. The second-order valence-electron chi connectivity index (χ2n) is 6.30. The van der Waals surface area contributed by atoms with Gasteiger partial charge in [-0.1, -0.05) is 30.3 Å². The van der Waals surface area contributed by atoms with Gasteiger partial charge in [0.1, 0.15) is 0 Å². The minimum Gasteiger partial charge on any atom is -0.370 e. The van der Waals surface area contributed by atoms with Gasteiger partial charge in [0.2, 0.25) is 11.9 Å². The molecule has 0 radical (unpaired) electrons. The molecule has 6 heteroatoms. The molecule has 2 aromatic rings. The summed E-state index contributed by atoms with van der Waals surface area (Å²) < 4.78 is 5.98. The summed E-state index contributed by atoms with van der Waals surface area (Å²) >= 11 is 0. The van der Waals surface area contributed by atoms with Gasteiger partial charge in [0, 0.05) is 32.0 Å². The average molecular weight is 324 g/mol. The molecule has 124 valence electrons. The molecule has 3 heterocycles. The molecule has 4 rings (SSSR count). The van der Waals surface area contributed by atoms with Crippen LogP contribution in [-0.2, 0) is 16.1 Å². The topological polar surface area (TPSA) is 67.4 Å². The Kier molecular flexibility index (Phi) is 4.13. The maximum Gasteiger partial charge on any atom is 0.226 e. The minimum absolute atomic E-state index is 0.0695. The van der Waals surface area contributed by atoms with E-state index in [0.717, 1.165) is 18.5 Å². The van der Waals surface area contributed by atoms with Gasteiger partial charge in [-0.3, -0.25) is 4.79 Å². The van der Waals surface area contributed by atoms with Crippen LogP contribution in [0.15, 0.2) is 48.8 Å². The van der Waals surface area contributed by atoms with Gasteiger partial charge in [0.25, 0.3) is 0 Å². The van der Waals surface area contributed by atoms with Crippen molar-refractivity contribution in [2.45, 2.75) is 25.2 Å². The molecule has 2 aliphatic rings. The van der Waals surface area contributed by atoms with E-state index in [2.05, 4.69) is 20.2 Å². The number of carbonyl (C=O) groups excluding carboxylic acids is 1. The first kappa shape index (κ1) is 15.1. The van der Waals surface area contributed by atoms with Crippen LogP contribution in [0, 0.1) is 5.92 Å². The highest BCUT2D eigenvalue weighted by molar-refractivity contribution is 5.79. The van der Waals surface area contributed by atoms with Crippen molar-refractivity contribution in [3.63, 3.8) is 0 Å². The number of anilines is 1. The normalized spacial score (nSPS) is 25.5. The summed E-state index contributed by atoms with van der Waals surface area (Å²) in [6.45, 7) is 1.95. The van der Waals surface area contributed by atoms with Gasteiger partial charge in [-0.25, -0.2) is 9.97 Å². The van der Waals surface area contributed by atoms with Crippen LogP contribution in [0.3, 0.4) is 0 Å². The number of nitrogens with zero attached hydrogens (tertiary/aromatic N) is 3. The molecule has 1 aromatic heterocycles. The molecule has 3 unspecified atom stereocenters. The van der Waals surface area contributed by atoms with Crippen LogP contribution in [0.5, 0.6) is 0 Å². The fourth-order valence-electron chi connectivity index (χ4n) is 3.47. The SMILES string of the molecule is O=C(NCc1ccccc1)C1CC2CN(c3ncccn3)CC1O2. The van der Waals surface area contributed by atoms with E-state index in [0.29, 0.717) is 19.0 Å². The lowest BCUT2D eigenvalue weighted by molar-refractivity contribution is -0.126. The number of hydrogen-bond acceptors (Lipinski definition) is 5. The highest BCUT2D eigenvalue weighted by atomic mass is 16.5. The average Bonchev–Trinajstić information content (AvgIpc) is 2.95. The number of hydrogen-bond donors (Lipinski definition) is 1. The second-order valence-corrected chi connectivity index (χ2v) is 6.30. The first-order valence-corrected chi connectivity index (χ1v) is 8.28. The summed E-state index contributed by atoms with van der Waals surface area (Å²) in [6, 6.07) is 11.8. The van der Waals surface area contributed by atoms with Crippen molar-refractivity contribution in [2.24, 2.45) is 5.92 Å². The van der Waals surface area contributed by atoms with Crippen molar-refractivity contribution in [1.82, 2.24) is 15.3 Å². The molecule has 3 atom stereocenters. The molecule has 6 nitrogen and oxygen atoms in total. The number of rotatable bonds is 4. The lowest BCUT2D eigenvalue weighted by Gasteiger charge is -2.32. The maximum atomic E-state index is 12.6. The quantitative estimate of drug-likeness (QED) is 0.920. The Bertz CT molecular complexity index is 695. The van der Waals surface area contributed by atoms with Crippen molar-refractivity contribution in [2.75, 3.05) is 18.0 Å². The largest absolute Gasteiger partial charge is 0.370 e. The van der Waals surface area contributed by atoms with Crippen LogP contribution in [0.4, 0.5) is 5.95 Å². The molecule has 2 aliphatic heterocycles. The Morgan fingerprint density at radius 2 is 1.96 bits per heavy atom. The third-order valence-corrected chi connectivity index (χ3v) is 4.64. The molecular formula is C18H20N4O2. The van der Waals surface area contributed by atoms with E-state index in [-0.39, 0.29) is 24.0 Å². The number of nitrogens with one attached hydrogen (secondary N) is 1. The molecular weight excluding hydrogens is 304 g/mol. The summed E-state index contributed by atoms with van der Waals surface area (Å²) in [4.78, 5) is 23.3. The number of morpholine rings is 1. The van der Waals surface area contributed by atoms with E-state index in [9.17, 15) is 4.79 Å². The summed E-state index contributed by atoms with van der Waals surface area (Å²) in [5.41, 5.74) is 1.10. The van der Waals surface area contributed by atoms with Crippen molar-refractivity contribution in [1.29, 1.82) is 0 Å². The third kappa shape index (κ3) is 3.10. The van der Waals surface area contributed by atoms with Crippen LogP contribution in [0.25, 0.3) is 0 Å². The van der Waals surface area contributed by atoms with Crippen molar-refractivity contribution in [3.05, 3.63) is 54.4 Å². The number of aromatic nitrogens is 2. The molecule has 1 aromatic carbocycles. The zero-order valence-electron chi connectivity index (χ0n) is 13.3. The first-order valence-electron chi connectivity index (χ1n) is 8.28. The number of ether oxygens (including phenoxy) is 1. The second kappa shape index (κ2) is 6.57. The predicted molar refractivity (Wildman–Crippen MR) is 89.3 cm³/mol. The Hall–Kier alpha value is -2.47. The highest BCUT2D eigenvalue weighted by Gasteiger charge is 2.45. The van der Waals surface area contributed by atoms with Crippen LogP contribution in [-0.4, -0.2) is 41.2 Å². The third-order valence-electron chi connectivity index (χ3n) is 4.64. The van der Waals surface area contributed by atoms with Crippen LogP contribution in [0.2, 0.25) is 0 Å². The molecule has 0 aliphatic carbocycles. The first-order chi connectivity index (χ1) is 11.8. The highest BCUT2D eigenvalue weighted by Crippen LogP contribution is 2.33. The summed E-state index contributed by atoms with van der Waals surface area (Å²) in [5, 5.41) is 3.04. The lowest BCUT2D eigenvalue weighted by Crippen LogP contribution is -2.46. The zero-order chi connectivity index (χ0) is 16.4. The standard InChI is InChI=1S/C18H20N4O2/c23-17(21-10-13-5-2-1-3-6-13)15-9-14-11-22(12-16(15)24-14)18-19-7-4-8-20-18/h1-8,14-16H,9-12H2,(H,21,23). The van der Waals surface area contributed by atoms with Crippen LogP contribution < -0.4 is 10.2 Å². The number of fused-ring (bicyclic) bond motifs is 2. The molecule has 1 N–H and O–H groups in total. The summed E-state index contributed by atoms with van der Waals surface area (Å²) in [5.74, 6) is 0.677. The monoisotopic (exact) mass is 324 g/mol. The molecule has 0 saturated carbocycles. The molecule has 24 heavy (non-hydrogen) atoms. The lowest BCUT2D eigenvalue weighted by atomic mass is 9.99. The van der Waals surface area contributed by atoms with Gasteiger partial charge >= 0.3 is 0 Å². The van der Waals surface area contributed by atoms with Gasteiger partial charge in [-0.15, -0.1) is 0 Å². The number of benzene rings is 1. The minimum atomic E-state index is -0.104. The summed E-state index contributed by atoms with van der Waals surface area (Å²) in [6.07, 6.45) is 4.21. The number of amides is 1. The smallest absolute Gasteiger partial charge is 0.226 e. The van der Waals surface area contributed by atoms with Crippen LogP contribution in [0.1, 0.15) is 12.0 Å². The van der Waals surface area contributed by atoms with Gasteiger partial charge in [-0.05, 0) is 18.1 Å². The molecule has 2 bridgehead atoms. The molecule has 2 fully saturated rings. The maximum absolute atomic E-state index is 12.6. The Labute approximate surface area is 140 Å². The van der Waals surface area contributed by atoms with Gasteiger partial charge in [-0.2, -0.15) is 0 Å². The Morgan fingerprint density at radius 1 is 1.17 bits per heavy atom. The summed E-state index contributed by atoms with van der Waals surface area (Å²) in [7, 11) is 0. The van der Waals surface area contributed by atoms with E-state index in [1.54, 1.807) is 18.5 Å².